The van der Waals surface area contributed by atoms with Crippen LogP contribution in [-0.4, -0.2) is 38.8 Å². The molecule has 0 saturated carbocycles. The molecule has 2 N–H and O–H groups in total. The molecule has 0 bridgehead atoms. The number of rotatable bonds is 6. The lowest BCUT2D eigenvalue weighted by atomic mass is 10.2. The number of piperidine rings is 1. The van der Waals surface area contributed by atoms with E-state index in [4.69, 9.17) is 0 Å². The summed E-state index contributed by atoms with van der Waals surface area (Å²) in [4.78, 5) is 5.90. The van der Waals surface area contributed by atoms with Crippen LogP contribution in [-0.2, 0) is 23.1 Å². The maximum absolute atomic E-state index is 12.7. The summed E-state index contributed by atoms with van der Waals surface area (Å²) < 4.78 is 27.0. The molecule has 29 heavy (non-hydrogen) atoms. The van der Waals surface area contributed by atoms with Gasteiger partial charge in [-0.3, -0.25) is 4.99 Å². The number of benzene rings is 1. The van der Waals surface area contributed by atoms with Gasteiger partial charge in [-0.25, -0.2) is 8.42 Å². The molecule has 0 aliphatic carbocycles. The molecule has 1 fully saturated rings. The van der Waals surface area contributed by atoms with Crippen molar-refractivity contribution in [1.29, 1.82) is 0 Å². The largest absolute Gasteiger partial charge is 0.352 e. The Bertz CT molecular complexity index is 905. The van der Waals surface area contributed by atoms with E-state index in [0.717, 1.165) is 37.3 Å². The van der Waals surface area contributed by atoms with Crippen molar-refractivity contribution in [2.75, 3.05) is 20.1 Å². The normalized spacial score (nSPS) is 15.6. The van der Waals surface area contributed by atoms with Gasteiger partial charge >= 0.3 is 0 Å². The number of aliphatic imine (C=N–C) groups is 1. The van der Waals surface area contributed by atoms with Crippen molar-refractivity contribution in [3.63, 3.8) is 0 Å². The molecule has 2 aromatic rings. The van der Waals surface area contributed by atoms with Gasteiger partial charge in [0.2, 0.25) is 10.0 Å². The van der Waals surface area contributed by atoms with Crippen molar-refractivity contribution < 1.29 is 8.42 Å². The van der Waals surface area contributed by atoms with E-state index in [0.29, 0.717) is 24.5 Å². The fourth-order valence-electron chi connectivity index (χ4n) is 3.19. The summed E-state index contributed by atoms with van der Waals surface area (Å²) >= 11 is 1.73. The minimum atomic E-state index is -3.37. The average Bonchev–Trinajstić information content (AvgIpc) is 3.14. The third kappa shape index (κ3) is 6.40. The van der Waals surface area contributed by atoms with E-state index < -0.39 is 10.0 Å². The van der Waals surface area contributed by atoms with Crippen LogP contribution < -0.4 is 10.6 Å². The lowest BCUT2D eigenvalue weighted by Gasteiger charge is -2.25. The first kappa shape index (κ1) is 24.1. The van der Waals surface area contributed by atoms with E-state index in [1.165, 1.54) is 10.4 Å². The molecule has 2 heterocycles. The maximum Gasteiger partial charge on any atom is 0.243 e. The molecule has 1 saturated heterocycles. The first-order chi connectivity index (χ1) is 13.5. The fraction of sp³-hybridized carbons (Fsp3) is 0.450. The number of sulfonamides is 1. The molecule has 1 aliphatic rings. The zero-order valence-corrected chi connectivity index (χ0v) is 20.8. The number of hydrogen-bond donors (Lipinski definition) is 2. The van der Waals surface area contributed by atoms with E-state index >= 15 is 0 Å². The second-order valence-corrected chi connectivity index (χ2v) is 9.85. The van der Waals surface area contributed by atoms with Crippen LogP contribution in [0, 0.1) is 6.92 Å². The Morgan fingerprint density at radius 2 is 1.72 bits per heavy atom. The highest BCUT2D eigenvalue weighted by atomic mass is 127. The van der Waals surface area contributed by atoms with Crippen LogP contribution in [0.2, 0.25) is 0 Å². The first-order valence-electron chi connectivity index (χ1n) is 9.57. The summed E-state index contributed by atoms with van der Waals surface area (Å²) in [6.07, 6.45) is 2.99. The Kier molecular flexibility index (Phi) is 9.38. The van der Waals surface area contributed by atoms with Gasteiger partial charge in [0.15, 0.2) is 5.96 Å². The molecule has 1 aromatic heterocycles. The van der Waals surface area contributed by atoms with Crippen LogP contribution in [0.15, 0.2) is 45.6 Å². The molecule has 0 atom stereocenters. The summed E-state index contributed by atoms with van der Waals surface area (Å²) in [5, 5.41) is 8.67. The van der Waals surface area contributed by atoms with E-state index in [-0.39, 0.29) is 24.0 Å². The van der Waals surface area contributed by atoms with Gasteiger partial charge in [0, 0.05) is 31.6 Å². The topological polar surface area (TPSA) is 73.8 Å². The Labute approximate surface area is 194 Å². The van der Waals surface area contributed by atoms with Gasteiger partial charge in [0.1, 0.15) is 0 Å². The lowest BCUT2D eigenvalue weighted by Crippen LogP contribution is -2.36. The van der Waals surface area contributed by atoms with E-state index in [1.807, 2.05) is 12.1 Å². The van der Waals surface area contributed by atoms with Crippen LogP contribution in [0.3, 0.4) is 0 Å². The van der Waals surface area contributed by atoms with Gasteiger partial charge in [0.25, 0.3) is 0 Å². The molecule has 1 aromatic carbocycles. The van der Waals surface area contributed by atoms with Gasteiger partial charge in [-0.15, -0.1) is 35.3 Å². The third-order valence-corrected chi connectivity index (χ3v) is 7.88. The predicted molar refractivity (Wildman–Crippen MR) is 131 cm³/mol. The van der Waals surface area contributed by atoms with Crippen LogP contribution in [0.4, 0.5) is 0 Å². The van der Waals surface area contributed by atoms with E-state index in [2.05, 4.69) is 34.0 Å². The van der Waals surface area contributed by atoms with Gasteiger partial charge in [-0.2, -0.15) is 4.31 Å². The molecule has 0 spiro atoms. The molecular formula is C20H29IN4O2S2. The fourth-order valence-corrected chi connectivity index (χ4v) is 5.55. The number of nitrogens with zero attached hydrogens (tertiary/aromatic N) is 2. The quantitative estimate of drug-likeness (QED) is 0.328. The standard InChI is InChI=1S/C20H28N4O2S2.HI/c1-16-10-13-27-19(16)15-23-20(21-2)22-14-17-6-8-18(9-7-17)28(25,26)24-11-4-3-5-12-24;/h6-10,13H,3-5,11-12,14-15H2,1-2H3,(H2,21,22,23);1H. The second-order valence-electron chi connectivity index (χ2n) is 6.91. The lowest BCUT2D eigenvalue weighted by molar-refractivity contribution is 0.346. The summed E-state index contributed by atoms with van der Waals surface area (Å²) in [5.41, 5.74) is 2.28. The average molecular weight is 549 g/mol. The highest BCUT2D eigenvalue weighted by Gasteiger charge is 2.25. The smallest absolute Gasteiger partial charge is 0.243 e. The van der Waals surface area contributed by atoms with Crippen molar-refractivity contribution in [3.05, 3.63) is 51.7 Å². The van der Waals surface area contributed by atoms with Crippen molar-refractivity contribution in [2.24, 2.45) is 4.99 Å². The van der Waals surface area contributed by atoms with Crippen molar-refractivity contribution in [1.82, 2.24) is 14.9 Å². The third-order valence-electron chi connectivity index (χ3n) is 4.94. The number of nitrogens with one attached hydrogen (secondary N) is 2. The minimum absolute atomic E-state index is 0. The summed E-state index contributed by atoms with van der Waals surface area (Å²) in [6.45, 7) is 4.65. The van der Waals surface area contributed by atoms with E-state index in [1.54, 1.807) is 34.8 Å². The van der Waals surface area contributed by atoms with E-state index in [9.17, 15) is 8.42 Å². The molecule has 6 nitrogen and oxygen atoms in total. The Morgan fingerprint density at radius 1 is 1.07 bits per heavy atom. The monoisotopic (exact) mass is 548 g/mol. The molecule has 0 amide bonds. The predicted octanol–water partition coefficient (Wildman–Crippen LogP) is 3.71. The van der Waals surface area contributed by atoms with Crippen molar-refractivity contribution in [3.8, 4) is 0 Å². The summed E-state index contributed by atoms with van der Waals surface area (Å²) in [5.74, 6) is 0.720. The first-order valence-corrected chi connectivity index (χ1v) is 11.9. The zero-order chi connectivity index (χ0) is 20.0. The van der Waals surface area contributed by atoms with Crippen LogP contribution in [0.1, 0.15) is 35.3 Å². The van der Waals surface area contributed by atoms with Gasteiger partial charge in [-0.1, -0.05) is 18.6 Å². The number of aryl methyl sites for hydroxylation is 1. The Hall–Kier alpha value is -1.17. The maximum atomic E-state index is 12.7. The molecule has 0 radical (unpaired) electrons. The molecule has 160 valence electrons. The molecule has 1 aliphatic heterocycles. The molecular weight excluding hydrogens is 519 g/mol. The Morgan fingerprint density at radius 3 is 2.31 bits per heavy atom. The van der Waals surface area contributed by atoms with Crippen LogP contribution >= 0.6 is 35.3 Å². The molecule has 0 unspecified atom stereocenters. The highest BCUT2D eigenvalue weighted by molar-refractivity contribution is 14.0. The van der Waals surface area contributed by atoms with Crippen LogP contribution in [0.25, 0.3) is 0 Å². The summed E-state index contributed by atoms with van der Waals surface area (Å²) in [7, 11) is -1.63. The molecule has 3 rings (SSSR count). The van der Waals surface area contributed by atoms with Crippen molar-refractivity contribution in [2.45, 2.75) is 44.2 Å². The number of guanidine groups is 1. The van der Waals surface area contributed by atoms with Gasteiger partial charge in [-0.05, 0) is 54.5 Å². The molecule has 9 heteroatoms. The SMILES string of the molecule is CN=C(NCc1ccc(S(=O)(=O)N2CCCCC2)cc1)NCc1sccc1C.I. The number of hydrogen-bond acceptors (Lipinski definition) is 4. The number of thiophene rings is 1. The van der Waals surface area contributed by atoms with Gasteiger partial charge in [0.05, 0.1) is 11.4 Å². The highest BCUT2D eigenvalue weighted by Crippen LogP contribution is 2.21. The summed E-state index contributed by atoms with van der Waals surface area (Å²) in [6, 6.07) is 9.23. The second kappa shape index (κ2) is 11.3. The van der Waals surface area contributed by atoms with Crippen molar-refractivity contribution >= 4 is 51.3 Å². The number of halogens is 1. The zero-order valence-electron chi connectivity index (χ0n) is 16.8. The van der Waals surface area contributed by atoms with Crippen LogP contribution in [0.5, 0.6) is 0 Å². The minimum Gasteiger partial charge on any atom is -0.352 e. The van der Waals surface area contributed by atoms with Gasteiger partial charge < -0.3 is 10.6 Å². The Balaban J connectivity index is 0.00000300.